The fraction of sp³-hybridized carbons (Fsp3) is 0.545. The normalized spacial score (nSPS) is 30.2. The third-order valence-corrected chi connectivity index (χ3v) is 3.04. The summed E-state index contributed by atoms with van der Waals surface area (Å²) in [5.74, 6) is -1.56. The van der Waals surface area contributed by atoms with E-state index in [9.17, 15) is 5.11 Å². The Labute approximate surface area is 91.8 Å². The highest BCUT2D eigenvalue weighted by atomic mass is 28.4. The second-order valence-electron chi connectivity index (χ2n) is 4.68. The molecule has 15 heavy (non-hydrogen) atoms. The first-order chi connectivity index (χ1) is 6.87. The zero-order valence-corrected chi connectivity index (χ0v) is 10.4. The fourth-order valence-corrected chi connectivity index (χ4v) is 2.77. The first-order valence-electron chi connectivity index (χ1n) is 5.03. The summed E-state index contributed by atoms with van der Waals surface area (Å²) in [6.45, 7) is 6.04. The smallest absolute Gasteiger partial charge is 0.188 e. The molecule has 0 amide bonds. The molecule has 1 aliphatic carbocycles. The molecule has 0 aromatic heterocycles. The van der Waals surface area contributed by atoms with Crippen LogP contribution in [0.5, 0.6) is 0 Å². The second-order valence-corrected chi connectivity index (χ2v) is 9.11. The van der Waals surface area contributed by atoms with Gasteiger partial charge in [0.1, 0.15) is 0 Å². The molecule has 0 saturated heterocycles. The average Bonchev–Trinajstić information content (AvgIpc) is 2.06. The van der Waals surface area contributed by atoms with Gasteiger partial charge in [-0.3, -0.25) is 0 Å². The second kappa shape index (κ2) is 4.31. The number of hydrogen-bond acceptors (Lipinski definition) is 3. The Bertz CT molecular complexity index is 324. The minimum absolute atomic E-state index is 0.265. The van der Waals surface area contributed by atoms with E-state index in [-0.39, 0.29) is 12.3 Å². The maximum Gasteiger partial charge on any atom is 0.188 e. The van der Waals surface area contributed by atoms with E-state index in [2.05, 4.69) is 6.07 Å². The highest BCUT2D eigenvalue weighted by molar-refractivity contribution is 6.69. The van der Waals surface area contributed by atoms with Crippen molar-refractivity contribution in [1.29, 1.82) is 5.26 Å². The topological polar surface area (TPSA) is 53.2 Å². The molecule has 0 fully saturated rings. The van der Waals surface area contributed by atoms with Gasteiger partial charge in [-0.25, -0.2) is 0 Å². The van der Waals surface area contributed by atoms with Gasteiger partial charge in [0.15, 0.2) is 14.1 Å². The van der Waals surface area contributed by atoms with Crippen molar-refractivity contribution in [3.05, 3.63) is 24.3 Å². The van der Waals surface area contributed by atoms with Gasteiger partial charge >= 0.3 is 0 Å². The summed E-state index contributed by atoms with van der Waals surface area (Å²) in [6.07, 6.45) is 7.32. The van der Waals surface area contributed by atoms with Crippen LogP contribution in [0.1, 0.15) is 6.42 Å². The van der Waals surface area contributed by atoms with Gasteiger partial charge in [-0.2, -0.15) is 5.26 Å². The van der Waals surface area contributed by atoms with Crippen LogP contribution in [-0.4, -0.2) is 19.2 Å². The lowest BCUT2D eigenvalue weighted by Gasteiger charge is -2.37. The third kappa shape index (κ3) is 3.31. The van der Waals surface area contributed by atoms with E-state index in [1.165, 1.54) is 0 Å². The number of allylic oxidation sites excluding steroid dienone is 2. The maximum absolute atomic E-state index is 10.3. The van der Waals surface area contributed by atoms with Crippen LogP contribution in [0.2, 0.25) is 19.6 Å². The summed E-state index contributed by atoms with van der Waals surface area (Å²) in [6, 6.07) is 2.07. The van der Waals surface area contributed by atoms with Crippen molar-refractivity contribution in [2.24, 2.45) is 5.92 Å². The maximum atomic E-state index is 10.3. The van der Waals surface area contributed by atoms with Crippen molar-refractivity contribution in [2.45, 2.75) is 31.8 Å². The fourth-order valence-electron chi connectivity index (χ4n) is 1.57. The summed E-state index contributed by atoms with van der Waals surface area (Å²) >= 11 is 0. The molecule has 0 spiro atoms. The molecule has 2 unspecified atom stereocenters. The Morgan fingerprint density at radius 2 is 2.13 bits per heavy atom. The Kier molecular flexibility index (Phi) is 3.50. The molecule has 1 rings (SSSR count). The molecule has 1 N–H and O–H groups in total. The summed E-state index contributed by atoms with van der Waals surface area (Å²) in [5, 5.41) is 19.0. The van der Waals surface area contributed by atoms with Gasteiger partial charge in [0.2, 0.25) is 0 Å². The lowest BCUT2D eigenvalue weighted by Crippen LogP contribution is -2.46. The molecule has 4 heteroatoms. The summed E-state index contributed by atoms with van der Waals surface area (Å²) < 4.78 is 5.74. The van der Waals surface area contributed by atoms with Crippen LogP contribution in [0.25, 0.3) is 0 Å². The molecule has 0 bridgehead atoms. The van der Waals surface area contributed by atoms with Crippen LogP contribution in [0.4, 0.5) is 0 Å². The van der Waals surface area contributed by atoms with E-state index in [0.717, 1.165) is 0 Å². The van der Waals surface area contributed by atoms with Crippen LogP contribution in [0, 0.1) is 17.2 Å². The minimum atomic E-state index is -1.83. The molecule has 0 heterocycles. The van der Waals surface area contributed by atoms with E-state index in [0.29, 0.717) is 0 Å². The quantitative estimate of drug-likeness (QED) is 0.589. The summed E-state index contributed by atoms with van der Waals surface area (Å²) in [4.78, 5) is 0. The molecule has 0 aromatic carbocycles. The highest BCUT2D eigenvalue weighted by Gasteiger charge is 2.38. The number of hydrogen-bond donors (Lipinski definition) is 1. The van der Waals surface area contributed by atoms with E-state index >= 15 is 0 Å². The van der Waals surface area contributed by atoms with Gasteiger partial charge < -0.3 is 9.53 Å². The van der Waals surface area contributed by atoms with Crippen molar-refractivity contribution >= 4 is 8.32 Å². The lowest BCUT2D eigenvalue weighted by atomic mass is 9.92. The molecule has 0 radical (unpaired) electrons. The predicted octanol–water partition coefficient (Wildman–Crippen LogP) is 2.18. The van der Waals surface area contributed by atoms with Crippen molar-refractivity contribution in [3.63, 3.8) is 0 Å². The van der Waals surface area contributed by atoms with Gasteiger partial charge in [-0.15, -0.1) is 0 Å². The van der Waals surface area contributed by atoms with Crippen LogP contribution in [-0.2, 0) is 4.43 Å². The van der Waals surface area contributed by atoms with Crippen molar-refractivity contribution in [2.75, 3.05) is 0 Å². The lowest BCUT2D eigenvalue weighted by molar-refractivity contribution is -0.131. The minimum Gasteiger partial charge on any atom is -0.387 e. The number of nitrogens with zero attached hydrogens (tertiary/aromatic N) is 1. The van der Waals surface area contributed by atoms with Crippen LogP contribution in [0.3, 0.4) is 0 Å². The van der Waals surface area contributed by atoms with E-state index in [4.69, 9.17) is 9.69 Å². The molecule has 0 saturated carbocycles. The molecular formula is C11H17NO2Si. The largest absolute Gasteiger partial charge is 0.387 e. The number of nitriles is 1. The third-order valence-electron chi connectivity index (χ3n) is 2.10. The van der Waals surface area contributed by atoms with Gasteiger partial charge in [-0.05, 0) is 25.7 Å². The van der Waals surface area contributed by atoms with Crippen molar-refractivity contribution < 1.29 is 9.53 Å². The van der Waals surface area contributed by atoms with Gasteiger partial charge in [-0.1, -0.05) is 18.2 Å². The first-order valence-corrected chi connectivity index (χ1v) is 8.44. The zero-order chi connectivity index (χ0) is 11.5. The molecule has 0 aromatic rings. The molecule has 3 nitrogen and oxygen atoms in total. The van der Waals surface area contributed by atoms with Crippen molar-refractivity contribution in [3.8, 4) is 6.07 Å². The zero-order valence-electron chi connectivity index (χ0n) is 9.40. The van der Waals surface area contributed by atoms with Crippen LogP contribution < -0.4 is 0 Å². The molecule has 1 aliphatic rings. The summed E-state index contributed by atoms with van der Waals surface area (Å²) in [5.41, 5.74) is 0. The van der Waals surface area contributed by atoms with E-state index in [1.807, 2.05) is 31.8 Å². The van der Waals surface area contributed by atoms with Gasteiger partial charge in [0, 0.05) is 12.3 Å². The monoisotopic (exact) mass is 223 g/mol. The highest BCUT2D eigenvalue weighted by Crippen LogP contribution is 2.31. The predicted molar refractivity (Wildman–Crippen MR) is 61.4 cm³/mol. The van der Waals surface area contributed by atoms with Crippen LogP contribution in [0.15, 0.2) is 24.3 Å². The number of rotatable bonds is 3. The van der Waals surface area contributed by atoms with Crippen LogP contribution >= 0.6 is 0 Å². The SMILES string of the molecule is C[Si](C)(C)OC1(O)C=CC=CC1CC#N. The molecule has 82 valence electrons. The van der Waals surface area contributed by atoms with E-state index < -0.39 is 14.1 Å². The van der Waals surface area contributed by atoms with Gasteiger partial charge in [0.05, 0.1) is 6.07 Å². The Morgan fingerprint density at radius 3 is 2.67 bits per heavy atom. The average molecular weight is 223 g/mol. The molecular weight excluding hydrogens is 206 g/mol. The Hall–Kier alpha value is -0.893. The standard InChI is InChI=1S/C11H17NO2Si/c1-15(2,3)14-11(13)8-5-4-6-10(11)7-9-12/h4-6,8,10,13H,7H2,1-3H3. The number of aliphatic hydroxyl groups is 1. The Morgan fingerprint density at radius 1 is 1.47 bits per heavy atom. The van der Waals surface area contributed by atoms with Gasteiger partial charge in [0.25, 0.3) is 0 Å². The summed E-state index contributed by atoms with van der Waals surface area (Å²) in [7, 11) is -1.83. The van der Waals surface area contributed by atoms with E-state index in [1.54, 1.807) is 12.2 Å². The first kappa shape index (κ1) is 12.2. The van der Waals surface area contributed by atoms with Crippen molar-refractivity contribution in [1.82, 2.24) is 0 Å². The molecule has 0 aliphatic heterocycles. The Balaban J connectivity index is 2.84. The molecule has 2 atom stereocenters.